The quantitative estimate of drug-likeness (QED) is 0.596. The third kappa shape index (κ3) is 4.81. The van der Waals surface area contributed by atoms with Gasteiger partial charge >= 0.3 is 0 Å². The molecule has 0 aliphatic carbocycles. The van der Waals surface area contributed by atoms with Crippen molar-refractivity contribution >= 4 is 20.9 Å². The summed E-state index contributed by atoms with van der Waals surface area (Å²) in [6, 6.07) is 14.8. The first kappa shape index (κ1) is 22.1. The molecule has 3 aromatic rings. The Labute approximate surface area is 194 Å². The average molecular weight is 469 g/mol. The van der Waals surface area contributed by atoms with Gasteiger partial charge in [0.15, 0.2) is 11.5 Å². The number of fused-ring (bicyclic) bond motifs is 2. The van der Waals surface area contributed by atoms with Crippen molar-refractivity contribution < 1.29 is 17.9 Å². The maximum Gasteiger partial charge on any atom is 0.242 e. The molecule has 1 fully saturated rings. The molecular formula is C24H28N4O4S. The first-order valence-corrected chi connectivity index (χ1v) is 12.7. The zero-order valence-corrected chi connectivity index (χ0v) is 19.4. The van der Waals surface area contributed by atoms with Crippen molar-refractivity contribution in [3.05, 3.63) is 60.3 Å². The Morgan fingerprint density at radius 3 is 2.82 bits per heavy atom. The number of pyridine rings is 1. The van der Waals surface area contributed by atoms with E-state index < -0.39 is 10.0 Å². The second-order valence-electron chi connectivity index (χ2n) is 8.48. The van der Waals surface area contributed by atoms with Gasteiger partial charge in [0.05, 0.1) is 16.6 Å². The number of nitrogens with one attached hydrogen (secondary N) is 1. The average Bonchev–Trinajstić information content (AvgIpc) is 3.15. The number of aromatic nitrogens is 1. The SMILES string of the molecule is CC(NS(=O)(=O)c1cccc2ncccc12)N1CCCN(Cc2ccc3c(c2)OCO3)CC1. The van der Waals surface area contributed by atoms with E-state index in [1.54, 1.807) is 30.5 Å². The molecule has 0 amide bonds. The number of rotatable bonds is 6. The Bertz CT molecular complexity index is 1240. The molecule has 2 aliphatic heterocycles. The minimum atomic E-state index is -3.69. The summed E-state index contributed by atoms with van der Waals surface area (Å²) >= 11 is 0. The summed E-state index contributed by atoms with van der Waals surface area (Å²) in [5.74, 6) is 1.60. The molecule has 1 atom stereocenters. The topological polar surface area (TPSA) is 84.0 Å². The van der Waals surface area contributed by atoms with Gasteiger partial charge in [0.25, 0.3) is 0 Å². The van der Waals surface area contributed by atoms with E-state index >= 15 is 0 Å². The van der Waals surface area contributed by atoms with Crippen LogP contribution in [0.15, 0.2) is 59.6 Å². The van der Waals surface area contributed by atoms with Crippen LogP contribution in [-0.2, 0) is 16.6 Å². The lowest BCUT2D eigenvalue weighted by Crippen LogP contribution is -2.47. The van der Waals surface area contributed by atoms with Gasteiger partial charge < -0.3 is 9.47 Å². The molecule has 1 saturated heterocycles. The largest absolute Gasteiger partial charge is 0.454 e. The number of benzene rings is 2. The molecule has 9 heteroatoms. The third-order valence-electron chi connectivity index (χ3n) is 6.23. The fraction of sp³-hybridized carbons (Fsp3) is 0.375. The van der Waals surface area contributed by atoms with Crippen LogP contribution in [0.3, 0.4) is 0 Å². The molecule has 0 bridgehead atoms. The van der Waals surface area contributed by atoms with Gasteiger partial charge in [0.2, 0.25) is 16.8 Å². The van der Waals surface area contributed by atoms with Gasteiger partial charge in [-0.2, -0.15) is 4.72 Å². The number of ether oxygens (including phenoxy) is 2. The summed E-state index contributed by atoms with van der Waals surface area (Å²) in [6.45, 7) is 6.45. The summed E-state index contributed by atoms with van der Waals surface area (Å²) in [6.07, 6.45) is 2.32. The van der Waals surface area contributed by atoms with Gasteiger partial charge in [-0.1, -0.05) is 12.1 Å². The Morgan fingerprint density at radius 2 is 1.91 bits per heavy atom. The Kier molecular flexibility index (Phi) is 6.20. The molecule has 0 saturated carbocycles. The van der Waals surface area contributed by atoms with E-state index in [2.05, 4.69) is 25.6 Å². The van der Waals surface area contributed by atoms with E-state index in [-0.39, 0.29) is 17.9 Å². The van der Waals surface area contributed by atoms with Crippen LogP contribution < -0.4 is 14.2 Å². The van der Waals surface area contributed by atoms with Crippen LogP contribution in [0.4, 0.5) is 0 Å². The normalized spacial score (nSPS) is 18.3. The molecule has 2 aliphatic rings. The highest BCUT2D eigenvalue weighted by atomic mass is 32.2. The fourth-order valence-corrected chi connectivity index (χ4v) is 5.95. The van der Waals surface area contributed by atoms with Crippen molar-refractivity contribution in [2.75, 3.05) is 33.0 Å². The summed E-state index contributed by atoms with van der Waals surface area (Å²) < 4.78 is 40.1. The van der Waals surface area contributed by atoms with Crippen LogP contribution in [0, 0.1) is 0 Å². The molecule has 3 heterocycles. The molecule has 1 N–H and O–H groups in total. The minimum absolute atomic E-state index is 0.263. The number of sulfonamides is 1. The summed E-state index contributed by atoms with van der Waals surface area (Å²) in [7, 11) is -3.69. The highest BCUT2D eigenvalue weighted by molar-refractivity contribution is 7.89. The Hall–Kier alpha value is -2.72. The molecule has 2 aromatic carbocycles. The Balaban J connectivity index is 1.23. The summed E-state index contributed by atoms with van der Waals surface area (Å²) in [5, 5.41) is 0.630. The van der Waals surface area contributed by atoms with E-state index in [1.165, 1.54) is 5.56 Å². The maximum absolute atomic E-state index is 13.2. The smallest absolute Gasteiger partial charge is 0.242 e. The van der Waals surface area contributed by atoms with Crippen molar-refractivity contribution in [1.29, 1.82) is 0 Å². The van der Waals surface area contributed by atoms with Gasteiger partial charge in [-0.25, -0.2) is 8.42 Å². The first-order valence-electron chi connectivity index (χ1n) is 11.2. The minimum Gasteiger partial charge on any atom is -0.454 e. The molecule has 8 nitrogen and oxygen atoms in total. The highest BCUT2D eigenvalue weighted by Crippen LogP contribution is 2.33. The number of nitrogens with zero attached hydrogens (tertiary/aromatic N) is 3. The summed E-state index contributed by atoms with van der Waals surface area (Å²) in [5.41, 5.74) is 1.85. The lowest BCUT2D eigenvalue weighted by molar-refractivity contribution is 0.174. The number of hydrogen-bond acceptors (Lipinski definition) is 7. The van der Waals surface area contributed by atoms with Crippen LogP contribution in [0.5, 0.6) is 11.5 Å². The van der Waals surface area contributed by atoms with Crippen LogP contribution in [0.2, 0.25) is 0 Å². The van der Waals surface area contributed by atoms with Crippen molar-refractivity contribution in [1.82, 2.24) is 19.5 Å². The van der Waals surface area contributed by atoms with Crippen molar-refractivity contribution in [3.8, 4) is 11.5 Å². The van der Waals surface area contributed by atoms with E-state index in [1.807, 2.05) is 25.1 Å². The molecule has 1 unspecified atom stereocenters. The molecule has 5 rings (SSSR count). The molecule has 33 heavy (non-hydrogen) atoms. The molecular weight excluding hydrogens is 440 g/mol. The zero-order valence-electron chi connectivity index (χ0n) is 18.6. The number of hydrogen-bond donors (Lipinski definition) is 1. The lowest BCUT2D eigenvalue weighted by Gasteiger charge is -2.28. The lowest BCUT2D eigenvalue weighted by atomic mass is 10.2. The van der Waals surface area contributed by atoms with Gasteiger partial charge in [-0.3, -0.25) is 14.8 Å². The zero-order chi connectivity index (χ0) is 22.8. The predicted octanol–water partition coefficient (Wildman–Crippen LogP) is 2.80. The van der Waals surface area contributed by atoms with Crippen LogP contribution >= 0.6 is 0 Å². The third-order valence-corrected chi connectivity index (χ3v) is 7.82. The van der Waals surface area contributed by atoms with Crippen molar-refractivity contribution in [3.63, 3.8) is 0 Å². The monoisotopic (exact) mass is 468 g/mol. The van der Waals surface area contributed by atoms with Crippen LogP contribution in [0.1, 0.15) is 18.9 Å². The maximum atomic E-state index is 13.2. The van der Waals surface area contributed by atoms with E-state index in [0.29, 0.717) is 10.9 Å². The van der Waals surface area contributed by atoms with Gasteiger partial charge in [0, 0.05) is 37.8 Å². The molecule has 0 radical (unpaired) electrons. The van der Waals surface area contributed by atoms with Crippen LogP contribution in [0.25, 0.3) is 10.9 Å². The van der Waals surface area contributed by atoms with E-state index in [9.17, 15) is 8.42 Å². The van der Waals surface area contributed by atoms with E-state index in [4.69, 9.17) is 9.47 Å². The van der Waals surface area contributed by atoms with E-state index in [0.717, 1.165) is 50.6 Å². The first-order chi connectivity index (χ1) is 16.0. The highest BCUT2D eigenvalue weighted by Gasteiger charge is 2.25. The Morgan fingerprint density at radius 1 is 1.03 bits per heavy atom. The molecule has 174 valence electrons. The fourth-order valence-electron chi connectivity index (χ4n) is 4.51. The molecule has 0 spiro atoms. The van der Waals surface area contributed by atoms with Gasteiger partial charge in [-0.15, -0.1) is 0 Å². The second kappa shape index (κ2) is 9.26. The van der Waals surface area contributed by atoms with Gasteiger partial charge in [-0.05, 0) is 61.9 Å². The summed E-state index contributed by atoms with van der Waals surface area (Å²) in [4.78, 5) is 9.13. The standard InChI is InChI=1S/C24H28N4O4S/c1-18(26-33(29,30)24-7-2-6-21-20(24)5-3-10-25-21)28-12-4-11-27(13-14-28)16-19-8-9-22-23(15-19)32-17-31-22/h2-3,5-10,15,18,26H,4,11-14,16-17H2,1H3. The van der Waals surface area contributed by atoms with Crippen LogP contribution in [-0.4, -0.2) is 62.3 Å². The van der Waals surface area contributed by atoms with Crippen molar-refractivity contribution in [2.24, 2.45) is 0 Å². The van der Waals surface area contributed by atoms with Crippen molar-refractivity contribution in [2.45, 2.75) is 31.0 Å². The second-order valence-corrected chi connectivity index (χ2v) is 10.2. The van der Waals surface area contributed by atoms with Gasteiger partial charge in [0.1, 0.15) is 0 Å². The predicted molar refractivity (Wildman–Crippen MR) is 126 cm³/mol. The molecule has 1 aromatic heterocycles.